The molecule has 0 atom stereocenters. The molecule has 5 N–H and O–H groups in total. The van der Waals surface area contributed by atoms with E-state index in [1.54, 1.807) is 6.07 Å². The number of nitrogens with two attached hydrogens (primary N) is 2. The lowest BCUT2D eigenvalue weighted by atomic mass is 9.97. The number of hydrogen-bond acceptors (Lipinski definition) is 9. The number of aromatic nitrogens is 3. The van der Waals surface area contributed by atoms with Crippen LogP contribution in [0, 0.1) is 17.5 Å². The summed E-state index contributed by atoms with van der Waals surface area (Å²) in [6, 6.07) is 7.45. The number of nitrogen functional groups attached to an aromatic ring is 1. The van der Waals surface area contributed by atoms with Crippen molar-refractivity contribution < 1.29 is 34.6 Å². The van der Waals surface area contributed by atoms with Crippen LogP contribution in [0.2, 0.25) is 0 Å². The highest BCUT2D eigenvalue weighted by Crippen LogP contribution is 2.42. The summed E-state index contributed by atoms with van der Waals surface area (Å²) in [6.07, 6.45) is 2.18. The highest BCUT2D eigenvalue weighted by molar-refractivity contribution is 7.89. The van der Waals surface area contributed by atoms with E-state index in [1.807, 2.05) is 20.8 Å². The van der Waals surface area contributed by atoms with Crippen LogP contribution in [-0.4, -0.2) is 42.6 Å². The standard InChI is InChI=1S/C23H20F3N5O2S2.CH4O3S/c1-23(2,3)21-31-18(19(34-21)15-9-10-29-22(27)30-15)13-6-4-5-11(16(13)25)12-7-8-14(24)20(17(12)26)35(28,32)33;1-5(2,3)4/h4-10H,1-3H3,(H2,27,29,30)(H2,28,32,33);1H3,(H,2,3,4). The molecule has 0 aliphatic rings. The Morgan fingerprint density at radius 1 is 0.900 bits per heavy atom. The molecule has 2 aromatic carbocycles. The normalized spacial score (nSPS) is 12.1. The summed E-state index contributed by atoms with van der Waals surface area (Å²) in [7, 11) is -8.41. The van der Waals surface area contributed by atoms with E-state index in [1.165, 1.54) is 35.7 Å². The molecule has 0 saturated carbocycles. The maximum absolute atomic E-state index is 15.9. The van der Waals surface area contributed by atoms with Crippen molar-refractivity contribution in [2.75, 3.05) is 12.0 Å². The van der Waals surface area contributed by atoms with E-state index in [0.29, 0.717) is 21.8 Å². The van der Waals surface area contributed by atoms with Crippen LogP contribution in [0.5, 0.6) is 0 Å². The van der Waals surface area contributed by atoms with Crippen LogP contribution in [-0.2, 0) is 25.6 Å². The SMILES string of the molecule is CC(C)(C)c1nc(-c2cccc(-c3ccc(F)c(S(N)(=O)=O)c3F)c2F)c(-c2ccnc(N)n2)s1.CS(=O)(=O)O. The van der Waals surface area contributed by atoms with Gasteiger partial charge in [0.2, 0.25) is 16.0 Å². The lowest BCUT2D eigenvalue weighted by Crippen LogP contribution is -2.16. The zero-order valence-electron chi connectivity index (χ0n) is 21.5. The van der Waals surface area contributed by atoms with Gasteiger partial charge in [0, 0.05) is 28.3 Å². The molecule has 0 saturated heterocycles. The van der Waals surface area contributed by atoms with Gasteiger partial charge in [-0.1, -0.05) is 32.9 Å². The Labute approximate surface area is 232 Å². The largest absolute Gasteiger partial charge is 0.368 e. The number of benzene rings is 2. The van der Waals surface area contributed by atoms with E-state index in [0.717, 1.165) is 12.1 Å². The zero-order valence-corrected chi connectivity index (χ0v) is 23.9. The van der Waals surface area contributed by atoms with Crippen LogP contribution in [0.4, 0.5) is 19.1 Å². The van der Waals surface area contributed by atoms with Crippen LogP contribution < -0.4 is 10.9 Å². The van der Waals surface area contributed by atoms with Crippen molar-refractivity contribution in [3.63, 3.8) is 0 Å². The number of primary sulfonamides is 1. The van der Waals surface area contributed by atoms with Crippen LogP contribution in [0.3, 0.4) is 0 Å². The molecule has 0 unspecified atom stereocenters. The van der Waals surface area contributed by atoms with Gasteiger partial charge in [0.15, 0.2) is 10.7 Å². The highest BCUT2D eigenvalue weighted by Gasteiger charge is 2.28. The summed E-state index contributed by atoms with van der Waals surface area (Å²) in [5.41, 5.74) is 5.30. The Bertz CT molecular complexity index is 1800. The Kier molecular flexibility index (Phi) is 8.71. The summed E-state index contributed by atoms with van der Waals surface area (Å²) in [6.45, 7) is 5.84. The number of nitrogens with zero attached hydrogens (tertiary/aromatic N) is 3. The molecule has 16 heteroatoms. The number of rotatable bonds is 4. The number of hydrogen-bond donors (Lipinski definition) is 3. The maximum atomic E-state index is 15.9. The quantitative estimate of drug-likeness (QED) is 0.281. The van der Waals surface area contributed by atoms with E-state index in [2.05, 4.69) is 15.0 Å². The summed E-state index contributed by atoms with van der Waals surface area (Å²) in [5.74, 6) is -3.71. The molecule has 2 aromatic heterocycles. The van der Waals surface area contributed by atoms with Crippen LogP contribution in [0.1, 0.15) is 25.8 Å². The molecule has 214 valence electrons. The van der Waals surface area contributed by atoms with E-state index in [9.17, 15) is 21.2 Å². The number of sulfonamides is 1. The minimum atomic E-state index is -4.74. The Balaban J connectivity index is 0.000000810. The molecule has 0 radical (unpaired) electrons. The van der Waals surface area contributed by atoms with Crippen LogP contribution in [0.25, 0.3) is 33.0 Å². The Hall–Kier alpha value is -3.44. The average Bonchev–Trinajstić information content (AvgIpc) is 3.24. The zero-order chi connectivity index (χ0) is 30.2. The highest BCUT2D eigenvalue weighted by atomic mass is 32.2. The maximum Gasteiger partial charge on any atom is 0.261 e. The minimum absolute atomic E-state index is 0.0160. The smallest absolute Gasteiger partial charge is 0.261 e. The molecule has 0 aliphatic carbocycles. The molecule has 10 nitrogen and oxygen atoms in total. The molecular formula is C24H24F3N5O5S3. The van der Waals surface area contributed by atoms with Crippen molar-refractivity contribution in [2.45, 2.75) is 31.1 Å². The van der Waals surface area contributed by atoms with Gasteiger partial charge < -0.3 is 5.73 Å². The van der Waals surface area contributed by atoms with E-state index in [4.69, 9.17) is 15.4 Å². The molecule has 4 aromatic rings. The van der Waals surface area contributed by atoms with Gasteiger partial charge in [0.05, 0.1) is 27.5 Å². The van der Waals surface area contributed by atoms with E-state index >= 15 is 8.78 Å². The second-order valence-corrected chi connectivity index (χ2v) is 13.4. The first-order chi connectivity index (χ1) is 18.3. The van der Waals surface area contributed by atoms with Gasteiger partial charge in [0.1, 0.15) is 11.6 Å². The molecule has 0 aliphatic heterocycles. The molecule has 40 heavy (non-hydrogen) atoms. The van der Waals surface area contributed by atoms with Crippen molar-refractivity contribution in [2.24, 2.45) is 5.14 Å². The van der Waals surface area contributed by atoms with Gasteiger partial charge in [-0.05, 0) is 24.3 Å². The number of anilines is 1. The lowest BCUT2D eigenvalue weighted by Gasteiger charge is -2.14. The second kappa shape index (κ2) is 11.2. The van der Waals surface area contributed by atoms with Crippen molar-refractivity contribution in [1.29, 1.82) is 0 Å². The van der Waals surface area contributed by atoms with Crippen molar-refractivity contribution in [3.8, 4) is 33.0 Å². The first-order valence-corrected chi connectivity index (χ1v) is 15.3. The third-order valence-electron chi connectivity index (χ3n) is 5.05. The first kappa shape index (κ1) is 31.1. The predicted molar refractivity (Wildman–Crippen MR) is 146 cm³/mol. The van der Waals surface area contributed by atoms with Gasteiger partial charge in [0.25, 0.3) is 10.1 Å². The van der Waals surface area contributed by atoms with Crippen LogP contribution in [0.15, 0.2) is 47.5 Å². The molecular weight excluding hydrogens is 591 g/mol. The fraction of sp³-hybridized carbons (Fsp3) is 0.208. The summed E-state index contributed by atoms with van der Waals surface area (Å²) in [5, 5.41) is 5.66. The Morgan fingerprint density at radius 2 is 1.48 bits per heavy atom. The molecule has 0 fully saturated rings. The van der Waals surface area contributed by atoms with Crippen molar-refractivity contribution in [1.82, 2.24) is 15.0 Å². The predicted octanol–water partition coefficient (Wildman–Crippen LogP) is 4.38. The lowest BCUT2D eigenvalue weighted by molar-refractivity contribution is 0.490. The van der Waals surface area contributed by atoms with Gasteiger partial charge in [-0.25, -0.2) is 41.7 Å². The van der Waals surface area contributed by atoms with Crippen molar-refractivity contribution in [3.05, 3.63) is 65.1 Å². The van der Waals surface area contributed by atoms with Gasteiger partial charge >= 0.3 is 0 Å². The number of halogens is 3. The van der Waals surface area contributed by atoms with Gasteiger partial charge in [-0.15, -0.1) is 11.3 Å². The number of thiazole rings is 1. The third kappa shape index (κ3) is 7.19. The monoisotopic (exact) mass is 615 g/mol. The van der Waals surface area contributed by atoms with Crippen LogP contribution >= 0.6 is 11.3 Å². The van der Waals surface area contributed by atoms with E-state index in [-0.39, 0.29) is 28.2 Å². The first-order valence-electron chi connectivity index (χ1n) is 11.1. The van der Waals surface area contributed by atoms with Crippen molar-refractivity contribution >= 4 is 37.4 Å². The summed E-state index contributed by atoms with van der Waals surface area (Å²) >= 11 is 1.30. The topological polar surface area (TPSA) is 179 Å². The molecule has 0 amide bonds. The van der Waals surface area contributed by atoms with Gasteiger partial charge in [-0.2, -0.15) is 8.42 Å². The average molecular weight is 616 g/mol. The third-order valence-corrected chi connectivity index (χ3v) is 7.50. The van der Waals surface area contributed by atoms with E-state index < -0.39 is 48.1 Å². The Morgan fingerprint density at radius 3 is 2.02 bits per heavy atom. The summed E-state index contributed by atoms with van der Waals surface area (Å²) < 4.78 is 94.3. The van der Waals surface area contributed by atoms with Gasteiger partial charge in [-0.3, -0.25) is 4.55 Å². The molecule has 0 spiro atoms. The minimum Gasteiger partial charge on any atom is -0.368 e. The molecule has 4 rings (SSSR count). The summed E-state index contributed by atoms with van der Waals surface area (Å²) in [4.78, 5) is 12.0. The fourth-order valence-corrected chi connectivity index (χ4v) is 5.23. The second-order valence-electron chi connectivity index (χ2n) is 9.43. The fourth-order valence-electron chi connectivity index (χ4n) is 3.42. The molecule has 0 bridgehead atoms. The molecule has 2 heterocycles.